The third-order valence-corrected chi connectivity index (χ3v) is 1.90. The lowest BCUT2D eigenvalue weighted by Crippen LogP contribution is -2.12. The number of allylic oxidation sites excluding steroid dienone is 1. The summed E-state index contributed by atoms with van der Waals surface area (Å²) in [4.78, 5) is 10.3. The zero-order valence-corrected chi connectivity index (χ0v) is 8.38. The zero-order chi connectivity index (χ0) is 12.3. The summed E-state index contributed by atoms with van der Waals surface area (Å²) in [5, 5.41) is 8.40. The van der Waals surface area contributed by atoms with Gasteiger partial charge in [0.15, 0.2) is 0 Å². The molecule has 0 aliphatic carbocycles. The van der Waals surface area contributed by atoms with Crippen molar-refractivity contribution in [3.63, 3.8) is 0 Å². The highest BCUT2D eigenvalue weighted by molar-refractivity contribution is 5.91. The van der Waals surface area contributed by atoms with Crippen LogP contribution in [0.15, 0.2) is 30.3 Å². The van der Waals surface area contributed by atoms with Crippen LogP contribution in [0.25, 0.3) is 5.57 Å². The number of hydrogen-bond acceptors (Lipinski definition) is 1. The van der Waals surface area contributed by atoms with Gasteiger partial charge in [-0.15, -0.1) is 0 Å². The number of aliphatic carboxylic acids is 1. The molecule has 0 aromatic heterocycles. The third kappa shape index (κ3) is 3.12. The number of alkyl halides is 3. The largest absolute Gasteiger partial charge is 0.478 e. The average molecular weight is 230 g/mol. The summed E-state index contributed by atoms with van der Waals surface area (Å²) in [5.74, 6) is -1.62. The van der Waals surface area contributed by atoms with E-state index in [4.69, 9.17) is 5.11 Å². The molecule has 0 spiro atoms. The van der Waals surface area contributed by atoms with Crippen LogP contribution in [0, 0.1) is 6.92 Å². The summed E-state index contributed by atoms with van der Waals surface area (Å²) in [6.07, 6.45) is -4.50. The number of carboxylic acids is 1. The number of rotatable bonds is 2. The second kappa shape index (κ2) is 4.38. The van der Waals surface area contributed by atoms with Crippen LogP contribution in [-0.2, 0) is 4.79 Å². The summed E-state index contributed by atoms with van der Waals surface area (Å²) in [6, 6.07) is 5.61. The monoisotopic (exact) mass is 230 g/mol. The molecule has 0 bridgehead atoms. The Kier molecular flexibility index (Phi) is 3.37. The first-order chi connectivity index (χ1) is 7.30. The highest BCUT2D eigenvalue weighted by Crippen LogP contribution is 2.33. The van der Waals surface area contributed by atoms with Crippen molar-refractivity contribution in [2.24, 2.45) is 0 Å². The molecule has 0 aliphatic rings. The van der Waals surface area contributed by atoms with Gasteiger partial charge in [0.25, 0.3) is 0 Å². The first-order valence-electron chi connectivity index (χ1n) is 4.39. The van der Waals surface area contributed by atoms with E-state index in [1.165, 1.54) is 18.2 Å². The smallest absolute Gasteiger partial charge is 0.417 e. The molecule has 0 saturated heterocycles. The number of aryl methyl sites for hydroxylation is 1. The Morgan fingerprint density at radius 1 is 1.38 bits per heavy atom. The van der Waals surface area contributed by atoms with Crippen molar-refractivity contribution in [2.75, 3.05) is 0 Å². The zero-order valence-electron chi connectivity index (χ0n) is 8.38. The minimum atomic E-state index is -4.67. The molecule has 1 aromatic rings. The maximum Gasteiger partial charge on any atom is 0.417 e. The summed E-state index contributed by atoms with van der Waals surface area (Å²) >= 11 is 0. The molecule has 2 nitrogen and oxygen atoms in total. The summed E-state index contributed by atoms with van der Waals surface area (Å²) in [5.41, 5.74) is -0.656. The second-order valence-electron chi connectivity index (χ2n) is 3.26. The van der Waals surface area contributed by atoms with Crippen molar-refractivity contribution in [3.05, 3.63) is 41.5 Å². The van der Waals surface area contributed by atoms with Crippen LogP contribution in [0.4, 0.5) is 13.2 Å². The standard InChI is InChI=1S/C11H9F3O2/c1-7-3-2-4-8(5-7)9(6-10(15)16)11(12,13)14/h2-6H,1H3,(H,15,16)/b9-6+. The molecule has 86 valence electrons. The lowest BCUT2D eigenvalue weighted by molar-refractivity contribution is -0.131. The normalized spacial score (nSPS) is 12.6. The Balaban J connectivity index is 3.28. The van der Waals surface area contributed by atoms with Gasteiger partial charge >= 0.3 is 12.1 Å². The van der Waals surface area contributed by atoms with Gasteiger partial charge in [0.1, 0.15) is 0 Å². The van der Waals surface area contributed by atoms with Crippen LogP contribution in [0.5, 0.6) is 0 Å². The highest BCUT2D eigenvalue weighted by Gasteiger charge is 2.35. The van der Waals surface area contributed by atoms with Gasteiger partial charge in [-0.1, -0.05) is 29.8 Å². The van der Waals surface area contributed by atoms with Crippen LogP contribution in [0.1, 0.15) is 11.1 Å². The average Bonchev–Trinajstić information content (AvgIpc) is 2.12. The number of benzene rings is 1. The Morgan fingerprint density at radius 3 is 2.44 bits per heavy atom. The molecule has 16 heavy (non-hydrogen) atoms. The van der Waals surface area contributed by atoms with Crippen molar-refractivity contribution in [3.8, 4) is 0 Å². The Labute approximate surface area is 90.0 Å². The van der Waals surface area contributed by atoms with Gasteiger partial charge in [-0.05, 0) is 12.5 Å². The molecule has 1 rings (SSSR count). The van der Waals surface area contributed by atoms with Crippen LogP contribution in [0.2, 0.25) is 0 Å². The molecule has 0 heterocycles. The maximum absolute atomic E-state index is 12.6. The van der Waals surface area contributed by atoms with E-state index in [1.807, 2.05) is 0 Å². The minimum Gasteiger partial charge on any atom is -0.478 e. The predicted octanol–water partition coefficient (Wildman–Crippen LogP) is 3.03. The molecule has 1 aromatic carbocycles. The molecule has 0 radical (unpaired) electrons. The highest BCUT2D eigenvalue weighted by atomic mass is 19.4. The lowest BCUT2D eigenvalue weighted by Gasteiger charge is -2.11. The molecule has 0 aliphatic heterocycles. The van der Waals surface area contributed by atoms with Crippen molar-refractivity contribution in [1.29, 1.82) is 0 Å². The van der Waals surface area contributed by atoms with E-state index < -0.39 is 17.7 Å². The van der Waals surface area contributed by atoms with E-state index in [0.29, 0.717) is 5.56 Å². The molecule has 0 unspecified atom stereocenters. The quantitative estimate of drug-likeness (QED) is 0.793. The van der Waals surface area contributed by atoms with Gasteiger partial charge in [0.05, 0.1) is 5.57 Å². The Hall–Kier alpha value is -1.78. The van der Waals surface area contributed by atoms with Crippen LogP contribution < -0.4 is 0 Å². The fourth-order valence-electron chi connectivity index (χ4n) is 1.26. The maximum atomic E-state index is 12.6. The van der Waals surface area contributed by atoms with Gasteiger partial charge in [-0.2, -0.15) is 13.2 Å². The first kappa shape index (κ1) is 12.3. The Morgan fingerprint density at radius 2 is 2.00 bits per heavy atom. The topological polar surface area (TPSA) is 37.3 Å². The minimum absolute atomic E-state index is 0.144. The van der Waals surface area contributed by atoms with Crippen molar-refractivity contribution in [1.82, 2.24) is 0 Å². The van der Waals surface area contributed by atoms with E-state index in [2.05, 4.69) is 0 Å². The van der Waals surface area contributed by atoms with Gasteiger partial charge < -0.3 is 5.11 Å². The van der Waals surface area contributed by atoms with Gasteiger partial charge in [0.2, 0.25) is 0 Å². The molecule has 1 N–H and O–H groups in total. The number of hydrogen-bond donors (Lipinski definition) is 1. The number of carbonyl (C=O) groups is 1. The molecular formula is C11H9F3O2. The molecule has 0 amide bonds. The molecule has 0 atom stereocenters. The number of halogens is 3. The SMILES string of the molecule is Cc1cccc(/C(=C\C(=O)O)C(F)(F)F)c1. The molecule has 0 fully saturated rings. The fourth-order valence-corrected chi connectivity index (χ4v) is 1.26. The van der Waals surface area contributed by atoms with Crippen LogP contribution >= 0.6 is 0 Å². The van der Waals surface area contributed by atoms with Crippen molar-refractivity contribution < 1.29 is 23.1 Å². The summed E-state index contributed by atoms with van der Waals surface area (Å²) in [7, 11) is 0. The van der Waals surface area contributed by atoms with Gasteiger partial charge in [-0.3, -0.25) is 0 Å². The first-order valence-corrected chi connectivity index (χ1v) is 4.39. The summed E-state index contributed by atoms with van der Waals surface area (Å²) in [6.45, 7) is 1.64. The van der Waals surface area contributed by atoms with Gasteiger partial charge in [-0.25, -0.2) is 4.79 Å². The fraction of sp³-hybridized carbons (Fsp3) is 0.182. The van der Waals surface area contributed by atoms with E-state index in [9.17, 15) is 18.0 Å². The molecular weight excluding hydrogens is 221 g/mol. The predicted molar refractivity (Wildman–Crippen MR) is 52.8 cm³/mol. The molecule has 0 saturated carbocycles. The van der Waals surface area contributed by atoms with Crippen molar-refractivity contribution in [2.45, 2.75) is 13.1 Å². The van der Waals surface area contributed by atoms with Crippen LogP contribution in [0.3, 0.4) is 0 Å². The number of carboxylic acid groups (broad SMARTS) is 1. The van der Waals surface area contributed by atoms with Crippen molar-refractivity contribution >= 4 is 11.5 Å². The van der Waals surface area contributed by atoms with Crippen LogP contribution in [-0.4, -0.2) is 17.3 Å². The second-order valence-corrected chi connectivity index (χ2v) is 3.26. The molecule has 5 heteroatoms. The van der Waals surface area contributed by atoms with E-state index in [0.717, 1.165) is 0 Å². The van der Waals surface area contributed by atoms with E-state index >= 15 is 0 Å². The van der Waals surface area contributed by atoms with Gasteiger partial charge in [0, 0.05) is 6.08 Å². The lowest BCUT2D eigenvalue weighted by atomic mass is 10.0. The van der Waals surface area contributed by atoms with E-state index in [1.54, 1.807) is 13.0 Å². The van der Waals surface area contributed by atoms with E-state index in [-0.39, 0.29) is 11.6 Å². The Bertz CT molecular complexity index is 433. The third-order valence-electron chi connectivity index (χ3n) is 1.90. The summed E-state index contributed by atoms with van der Waals surface area (Å²) < 4.78 is 37.7.